The van der Waals surface area contributed by atoms with Crippen molar-refractivity contribution in [3.63, 3.8) is 0 Å². The second-order valence-corrected chi connectivity index (χ2v) is 11.9. The van der Waals surface area contributed by atoms with E-state index in [2.05, 4.69) is 25.3 Å². The van der Waals surface area contributed by atoms with Gasteiger partial charge in [0.1, 0.15) is 28.0 Å². The molecule has 2 unspecified atom stereocenters. The predicted molar refractivity (Wildman–Crippen MR) is 135 cm³/mol. The van der Waals surface area contributed by atoms with E-state index in [1.807, 2.05) is 13.0 Å². The van der Waals surface area contributed by atoms with E-state index < -0.39 is 21.5 Å². The highest BCUT2D eigenvalue weighted by atomic mass is 32.2. The van der Waals surface area contributed by atoms with Gasteiger partial charge in [-0.1, -0.05) is 0 Å². The number of benzene rings is 1. The van der Waals surface area contributed by atoms with Crippen LogP contribution in [0, 0.1) is 24.5 Å². The Morgan fingerprint density at radius 3 is 2.58 bits per heavy atom. The van der Waals surface area contributed by atoms with Crippen LogP contribution in [0.2, 0.25) is 0 Å². The number of rotatable bonds is 6. The van der Waals surface area contributed by atoms with Crippen molar-refractivity contribution < 1.29 is 17.2 Å². The fraction of sp³-hybridized carbons (Fsp3) is 0.304. The molecule has 0 bridgehead atoms. The molecule has 5 N–H and O–H groups in total. The van der Waals surface area contributed by atoms with Gasteiger partial charge in [-0.25, -0.2) is 32.2 Å². The number of hydrogen-bond acceptors (Lipinski definition) is 10. The van der Waals surface area contributed by atoms with E-state index in [-0.39, 0.29) is 28.6 Å². The van der Waals surface area contributed by atoms with Gasteiger partial charge in [-0.2, -0.15) is 4.98 Å². The number of nitrogen functional groups attached to an aromatic ring is 2. The lowest BCUT2D eigenvalue weighted by molar-refractivity contribution is 0.548. The molecule has 0 amide bonds. The molecule has 4 aromatic rings. The van der Waals surface area contributed by atoms with E-state index >= 15 is 0 Å². The summed E-state index contributed by atoms with van der Waals surface area (Å²) in [6.07, 6.45) is 3.48. The first-order valence-corrected chi connectivity index (χ1v) is 13.7. The van der Waals surface area contributed by atoms with Crippen molar-refractivity contribution in [2.24, 2.45) is 5.92 Å². The fourth-order valence-electron chi connectivity index (χ4n) is 4.60. The number of sulfone groups is 1. The first-order valence-electron chi connectivity index (χ1n) is 11.2. The summed E-state index contributed by atoms with van der Waals surface area (Å²) in [6, 6.07) is 4.10. The second-order valence-electron chi connectivity index (χ2n) is 8.86. The lowest BCUT2D eigenvalue weighted by Gasteiger charge is -2.17. The second kappa shape index (κ2) is 9.21. The standard InChI is InChI=1S/C23H23F2N7O2S2/c1-11-18(22-31-19-17(35-22)4-5-28-20(19)26)21(32-23(27)29-11)30-15-3-2-12(6-15)10-36(33,34)16-8-13(24)7-14(25)9-16/h4-5,7-9,12,15H,2-3,6,10H2,1H3,(H2,26,28)(H3,27,29,30,32). The van der Waals surface area contributed by atoms with Crippen molar-refractivity contribution in [2.75, 3.05) is 22.5 Å². The van der Waals surface area contributed by atoms with Gasteiger partial charge in [-0.15, -0.1) is 11.3 Å². The molecule has 9 nitrogen and oxygen atoms in total. The fourth-order valence-corrected chi connectivity index (χ4v) is 7.37. The zero-order chi connectivity index (χ0) is 25.6. The van der Waals surface area contributed by atoms with Gasteiger partial charge in [0.2, 0.25) is 5.95 Å². The molecule has 0 aliphatic heterocycles. The van der Waals surface area contributed by atoms with E-state index in [0.29, 0.717) is 58.7 Å². The molecule has 0 saturated heterocycles. The highest BCUT2D eigenvalue weighted by Gasteiger charge is 2.31. The van der Waals surface area contributed by atoms with Gasteiger partial charge in [0, 0.05) is 18.3 Å². The van der Waals surface area contributed by atoms with E-state index in [9.17, 15) is 17.2 Å². The van der Waals surface area contributed by atoms with Crippen molar-refractivity contribution in [3.05, 3.63) is 47.8 Å². The van der Waals surface area contributed by atoms with Crippen molar-refractivity contribution >= 4 is 49.0 Å². The number of aromatic nitrogens is 4. The highest BCUT2D eigenvalue weighted by Crippen LogP contribution is 2.38. The molecule has 1 saturated carbocycles. The number of anilines is 3. The Kier molecular flexibility index (Phi) is 6.20. The van der Waals surface area contributed by atoms with Gasteiger partial charge in [0.15, 0.2) is 15.7 Å². The molecule has 13 heteroatoms. The minimum absolute atomic E-state index is 0.0805. The maximum Gasteiger partial charge on any atom is 0.222 e. The molecule has 5 rings (SSSR count). The number of halogens is 2. The van der Waals surface area contributed by atoms with Crippen LogP contribution in [0.1, 0.15) is 25.0 Å². The van der Waals surface area contributed by atoms with Gasteiger partial charge in [0.25, 0.3) is 0 Å². The summed E-state index contributed by atoms with van der Waals surface area (Å²) in [6.45, 7) is 1.81. The number of nitrogens with zero attached hydrogens (tertiary/aromatic N) is 4. The minimum atomic E-state index is -3.85. The third-order valence-corrected chi connectivity index (χ3v) is 9.09. The van der Waals surface area contributed by atoms with Crippen LogP contribution in [0.15, 0.2) is 35.4 Å². The van der Waals surface area contributed by atoms with Crippen molar-refractivity contribution in [3.8, 4) is 10.6 Å². The molecule has 1 aliphatic rings. The Balaban J connectivity index is 1.37. The monoisotopic (exact) mass is 531 g/mol. The SMILES string of the molecule is Cc1nc(N)nc(NC2CCC(CS(=O)(=O)c3cc(F)cc(F)c3)C2)c1-c1nc2c(N)nccc2s1. The molecular weight excluding hydrogens is 508 g/mol. The van der Waals surface area contributed by atoms with Crippen molar-refractivity contribution in [1.29, 1.82) is 0 Å². The molecular formula is C23H23F2N7O2S2. The number of fused-ring (bicyclic) bond motifs is 1. The lowest BCUT2D eigenvalue weighted by Crippen LogP contribution is -2.20. The predicted octanol–water partition coefficient (Wildman–Crippen LogP) is 3.95. The summed E-state index contributed by atoms with van der Waals surface area (Å²) in [7, 11) is -3.85. The molecule has 36 heavy (non-hydrogen) atoms. The van der Waals surface area contributed by atoms with Crippen LogP contribution in [0.25, 0.3) is 20.8 Å². The summed E-state index contributed by atoms with van der Waals surface area (Å²) in [5.74, 6) is -1.28. The molecule has 188 valence electrons. The molecule has 0 spiro atoms. The Morgan fingerprint density at radius 2 is 1.86 bits per heavy atom. The lowest BCUT2D eigenvalue weighted by atomic mass is 10.1. The van der Waals surface area contributed by atoms with Gasteiger partial charge >= 0.3 is 0 Å². The van der Waals surface area contributed by atoms with Gasteiger partial charge in [-0.3, -0.25) is 0 Å². The number of thiazole rings is 1. The number of nitrogens with one attached hydrogen (secondary N) is 1. The van der Waals surface area contributed by atoms with Crippen LogP contribution in [0.3, 0.4) is 0 Å². The van der Waals surface area contributed by atoms with Crippen molar-refractivity contribution in [1.82, 2.24) is 19.9 Å². The van der Waals surface area contributed by atoms with Crippen LogP contribution in [0.5, 0.6) is 0 Å². The Morgan fingerprint density at radius 1 is 1.11 bits per heavy atom. The van der Waals surface area contributed by atoms with E-state index in [4.69, 9.17) is 11.5 Å². The van der Waals surface area contributed by atoms with Crippen molar-refractivity contribution in [2.45, 2.75) is 37.1 Å². The van der Waals surface area contributed by atoms with Gasteiger partial charge in [0.05, 0.1) is 26.6 Å². The number of aryl methyl sites for hydroxylation is 1. The Hall–Kier alpha value is -3.45. The van der Waals surface area contributed by atoms with Gasteiger partial charge < -0.3 is 16.8 Å². The first-order chi connectivity index (χ1) is 17.1. The van der Waals surface area contributed by atoms with Crippen LogP contribution in [-0.2, 0) is 9.84 Å². The van der Waals surface area contributed by atoms with E-state index in [1.165, 1.54) is 11.3 Å². The molecule has 0 radical (unpaired) electrons. The maximum absolute atomic E-state index is 13.6. The maximum atomic E-state index is 13.6. The molecule has 1 aromatic carbocycles. The molecule has 1 aliphatic carbocycles. The van der Waals surface area contributed by atoms with Crippen LogP contribution < -0.4 is 16.8 Å². The average molecular weight is 532 g/mol. The third kappa shape index (κ3) is 4.80. The van der Waals surface area contributed by atoms with Gasteiger partial charge in [-0.05, 0) is 50.3 Å². The highest BCUT2D eigenvalue weighted by molar-refractivity contribution is 7.91. The summed E-state index contributed by atoms with van der Waals surface area (Å²) in [4.78, 5) is 17.1. The zero-order valence-electron chi connectivity index (χ0n) is 19.2. The number of pyridine rings is 1. The van der Waals surface area contributed by atoms with E-state index in [0.717, 1.165) is 16.8 Å². The zero-order valence-corrected chi connectivity index (χ0v) is 20.8. The molecule has 2 atom stereocenters. The Bertz CT molecular complexity index is 1560. The summed E-state index contributed by atoms with van der Waals surface area (Å²) >= 11 is 1.43. The summed E-state index contributed by atoms with van der Waals surface area (Å²) < 4.78 is 53.6. The number of nitrogens with two attached hydrogens (primary N) is 2. The third-order valence-electron chi connectivity index (χ3n) is 6.19. The molecule has 3 aromatic heterocycles. The topological polar surface area (TPSA) is 150 Å². The largest absolute Gasteiger partial charge is 0.382 e. The smallest absolute Gasteiger partial charge is 0.222 e. The minimum Gasteiger partial charge on any atom is -0.382 e. The molecule has 3 heterocycles. The van der Waals surface area contributed by atoms with Crippen LogP contribution in [-0.4, -0.2) is 40.1 Å². The molecule has 1 fully saturated rings. The van der Waals surface area contributed by atoms with E-state index in [1.54, 1.807) is 6.20 Å². The summed E-state index contributed by atoms with van der Waals surface area (Å²) in [5, 5.41) is 4.06. The van der Waals surface area contributed by atoms with Crippen LogP contribution in [0.4, 0.5) is 26.4 Å². The first kappa shape index (κ1) is 24.3. The normalized spacial score (nSPS) is 18.1. The Labute approximate surface area is 209 Å². The average Bonchev–Trinajstić information content (AvgIpc) is 3.40. The van der Waals surface area contributed by atoms with Crippen LogP contribution >= 0.6 is 11.3 Å². The summed E-state index contributed by atoms with van der Waals surface area (Å²) in [5.41, 5.74) is 13.8. The number of hydrogen-bond donors (Lipinski definition) is 3. The quantitative estimate of drug-likeness (QED) is 0.336.